The molecule has 122 valence electrons. The zero-order valence-electron chi connectivity index (χ0n) is 11.8. The summed E-state index contributed by atoms with van der Waals surface area (Å²) < 4.78 is 3.61. The van der Waals surface area contributed by atoms with Gasteiger partial charge in [-0.3, -0.25) is 0 Å². The number of ether oxygens (including phenoxy) is 1. The van der Waals surface area contributed by atoms with Crippen LogP contribution < -0.4 is 4.90 Å². The molecule has 0 N–H and O–H groups in total. The first-order chi connectivity index (χ1) is 10.9. The van der Waals surface area contributed by atoms with Crippen LogP contribution in [0.15, 0.2) is 24.3 Å². The van der Waals surface area contributed by atoms with Crippen molar-refractivity contribution in [2.45, 2.75) is 3.79 Å². The summed E-state index contributed by atoms with van der Waals surface area (Å²) in [6, 6.07) is 7.13. The standard InChI is InChI=1S/C14H12Cl4N4O/c15-10-3-1-9(2-4-10)11-19-12(14(16,17)18)21-13(20-11)22-5-7-23-8-6-22/h1-4H,5-8H2. The lowest BCUT2D eigenvalue weighted by Gasteiger charge is -2.27. The molecule has 0 bridgehead atoms. The van der Waals surface area contributed by atoms with Crippen LogP contribution in [0.2, 0.25) is 5.02 Å². The molecule has 1 fully saturated rings. The zero-order valence-corrected chi connectivity index (χ0v) is 14.9. The van der Waals surface area contributed by atoms with Crippen molar-refractivity contribution in [2.24, 2.45) is 0 Å². The molecule has 5 nitrogen and oxygen atoms in total. The second-order valence-electron chi connectivity index (χ2n) is 4.89. The molecule has 23 heavy (non-hydrogen) atoms. The van der Waals surface area contributed by atoms with E-state index in [0.29, 0.717) is 43.1 Å². The minimum absolute atomic E-state index is 0.0870. The summed E-state index contributed by atoms with van der Waals surface area (Å²) >= 11 is 23.8. The predicted molar refractivity (Wildman–Crippen MR) is 92.5 cm³/mol. The molecule has 1 aromatic carbocycles. The van der Waals surface area contributed by atoms with E-state index in [2.05, 4.69) is 15.0 Å². The second-order valence-corrected chi connectivity index (χ2v) is 7.60. The molecule has 1 aromatic heterocycles. The van der Waals surface area contributed by atoms with Crippen LogP contribution in [0.3, 0.4) is 0 Å². The predicted octanol–water partition coefficient (Wildman–Crippen LogP) is 3.86. The molecule has 1 saturated heterocycles. The van der Waals surface area contributed by atoms with E-state index in [1.165, 1.54) is 0 Å². The molecule has 0 aliphatic carbocycles. The normalized spacial score (nSPS) is 15.7. The second kappa shape index (κ2) is 6.95. The van der Waals surface area contributed by atoms with E-state index in [1.807, 2.05) is 17.0 Å². The van der Waals surface area contributed by atoms with Gasteiger partial charge in [0.2, 0.25) is 9.74 Å². The maximum Gasteiger partial charge on any atom is 0.250 e. The molecule has 2 heterocycles. The fraction of sp³-hybridized carbons (Fsp3) is 0.357. The molecule has 0 atom stereocenters. The van der Waals surface area contributed by atoms with Crippen molar-refractivity contribution >= 4 is 52.4 Å². The van der Waals surface area contributed by atoms with Crippen molar-refractivity contribution in [3.05, 3.63) is 35.1 Å². The minimum atomic E-state index is -1.73. The molecule has 0 unspecified atom stereocenters. The van der Waals surface area contributed by atoms with Gasteiger partial charge in [-0.25, -0.2) is 4.98 Å². The Labute approximate surface area is 153 Å². The molecule has 0 saturated carbocycles. The molecule has 0 amide bonds. The summed E-state index contributed by atoms with van der Waals surface area (Å²) in [5.41, 5.74) is 0.766. The number of halogens is 4. The van der Waals surface area contributed by atoms with E-state index in [-0.39, 0.29) is 5.82 Å². The van der Waals surface area contributed by atoms with Crippen LogP contribution in [0.25, 0.3) is 11.4 Å². The van der Waals surface area contributed by atoms with E-state index in [4.69, 9.17) is 51.1 Å². The smallest absolute Gasteiger partial charge is 0.250 e. The summed E-state index contributed by atoms with van der Waals surface area (Å²) in [5, 5.41) is 0.623. The third-order valence-corrected chi connectivity index (χ3v) is 4.03. The largest absolute Gasteiger partial charge is 0.378 e. The summed E-state index contributed by atoms with van der Waals surface area (Å²) in [6.45, 7) is 2.54. The summed E-state index contributed by atoms with van der Waals surface area (Å²) in [6.07, 6.45) is 0. The van der Waals surface area contributed by atoms with E-state index in [9.17, 15) is 0 Å². The molecular formula is C14H12Cl4N4O. The van der Waals surface area contributed by atoms with Crippen LogP contribution in [0.5, 0.6) is 0 Å². The van der Waals surface area contributed by atoms with Crippen LogP contribution >= 0.6 is 46.4 Å². The molecule has 1 aliphatic rings. The first kappa shape index (κ1) is 17.0. The van der Waals surface area contributed by atoms with Crippen LogP contribution in [-0.4, -0.2) is 41.3 Å². The number of hydrogen-bond donors (Lipinski definition) is 0. The minimum Gasteiger partial charge on any atom is -0.378 e. The van der Waals surface area contributed by atoms with Crippen LogP contribution in [0.1, 0.15) is 5.82 Å². The zero-order chi connectivity index (χ0) is 16.4. The number of morpholine rings is 1. The summed E-state index contributed by atoms with van der Waals surface area (Å²) in [4.78, 5) is 15.1. The van der Waals surface area contributed by atoms with Crippen LogP contribution in [0, 0.1) is 0 Å². The van der Waals surface area contributed by atoms with Gasteiger partial charge >= 0.3 is 0 Å². The van der Waals surface area contributed by atoms with Gasteiger partial charge in [0.05, 0.1) is 13.2 Å². The molecule has 0 radical (unpaired) electrons. The van der Waals surface area contributed by atoms with E-state index < -0.39 is 3.79 Å². The maximum absolute atomic E-state index is 5.97. The average molecular weight is 394 g/mol. The van der Waals surface area contributed by atoms with Gasteiger partial charge in [0.15, 0.2) is 11.6 Å². The van der Waals surface area contributed by atoms with Crippen molar-refractivity contribution in [3.63, 3.8) is 0 Å². The number of benzene rings is 1. The highest BCUT2D eigenvalue weighted by Crippen LogP contribution is 2.37. The Kier molecular flexibility index (Phi) is 5.13. The van der Waals surface area contributed by atoms with E-state index >= 15 is 0 Å². The molecule has 2 aromatic rings. The molecule has 9 heteroatoms. The first-order valence-electron chi connectivity index (χ1n) is 6.85. The van der Waals surface area contributed by atoms with Gasteiger partial charge < -0.3 is 9.64 Å². The van der Waals surface area contributed by atoms with Gasteiger partial charge in [0.1, 0.15) is 0 Å². The van der Waals surface area contributed by atoms with Crippen LogP contribution in [-0.2, 0) is 8.53 Å². The number of aromatic nitrogens is 3. The Balaban J connectivity index is 2.05. The number of anilines is 1. The Bertz CT molecular complexity index is 684. The number of hydrogen-bond acceptors (Lipinski definition) is 5. The Hall–Kier alpha value is -0.850. The van der Waals surface area contributed by atoms with Gasteiger partial charge in [-0.15, -0.1) is 0 Å². The topological polar surface area (TPSA) is 51.1 Å². The Morgan fingerprint density at radius 1 is 0.957 bits per heavy atom. The lowest BCUT2D eigenvalue weighted by Crippen LogP contribution is -2.37. The van der Waals surface area contributed by atoms with Crippen molar-refractivity contribution in [1.29, 1.82) is 0 Å². The Morgan fingerprint density at radius 2 is 1.61 bits per heavy atom. The number of rotatable bonds is 2. The fourth-order valence-corrected chi connectivity index (χ4v) is 2.50. The quantitative estimate of drug-likeness (QED) is 0.725. The van der Waals surface area contributed by atoms with Gasteiger partial charge in [-0.1, -0.05) is 46.4 Å². The number of alkyl halides is 3. The first-order valence-corrected chi connectivity index (χ1v) is 8.36. The highest BCUT2D eigenvalue weighted by Gasteiger charge is 2.29. The SMILES string of the molecule is Clc1ccc(-c2nc(N3CCOCC3)nc(C(Cl)(Cl)Cl)n2)cc1. The molecule has 3 rings (SSSR count). The molecule has 0 spiro atoms. The van der Waals surface area contributed by atoms with Gasteiger partial charge in [0.25, 0.3) is 0 Å². The number of nitrogens with zero attached hydrogens (tertiary/aromatic N) is 4. The van der Waals surface area contributed by atoms with Crippen molar-refractivity contribution in [2.75, 3.05) is 31.2 Å². The van der Waals surface area contributed by atoms with Crippen molar-refractivity contribution < 1.29 is 4.74 Å². The summed E-state index contributed by atoms with van der Waals surface area (Å²) in [5.74, 6) is 0.984. The highest BCUT2D eigenvalue weighted by atomic mass is 35.6. The average Bonchev–Trinajstić information content (AvgIpc) is 2.55. The Morgan fingerprint density at radius 3 is 2.22 bits per heavy atom. The summed E-state index contributed by atoms with van der Waals surface area (Å²) in [7, 11) is 0. The lowest BCUT2D eigenvalue weighted by atomic mass is 10.2. The van der Waals surface area contributed by atoms with Gasteiger partial charge in [0, 0.05) is 23.7 Å². The van der Waals surface area contributed by atoms with Gasteiger partial charge in [-0.2, -0.15) is 9.97 Å². The third kappa shape index (κ3) is 4.17. The van der Waals surface area contributed by atoms with E-state index in [1.54, 1.807) is 12.1 Å². The third-order valence-electron chi connectivity index (χ3n) is 3.27. The van der Waals surface area contributed by atoms with Gasteiger partial charge in [-0.05, 0) is 24.3 Å². The highest BCUT2D eigenvalue weighted by molar-refractivity contribution is 6.66. The molecule has 1 aliphatic heterocycles. The van der Waals surface area contributed by atoms with Crippen LogP contribution in [0.4, 0.5) is 5.95 Å². The monoisotopic (exact) mass is 392 g/mol. The lowest BCUT2D eigenvalue weighted by molar-refractivity contribution is 0.122. The fourth-order valence-electron chi connectivity index (χ4n) is 2.12. The van der Waals surface area contributed by atoms with Crippen molar-refractivity contribution in [1.82, 2.24) is 15.0 Å². The van der Waals surface area contributed by atoms with E-state index in [0.717, 1.165) is 5.56 Å². The maximum atomic E-state index is 5.97. The molecular weight excluding hydrogens is 382 g/mol. The van der Waals surface area contributed by atoms with Crippen molar-refractivity contribution in [3.8, 4) is 11.4 Å².